The Hall–Kier alpha value is -2.00. The van der Waals surface area contributed by atoms with Crippen LogP contribution in [-0.2, 0) is 46.1 Å². The van der Waals surface area contributed by atoms with Crippen molar-refractivity contribution in [2.45, 2.75) is 195 Å². The fraction of sp³-hybridized carbons (Fsp3) is 0.625. The predicted octanol–water partition coefficient (Wildman–Crippen LogP) is 15.3. The summed E-state index contributed by atoms with van der Waals surface area (Å²) in [5.41, 5.74) is 20.7. The van der Waals surface area contributed by atoms with Crippen molar-refractivity contribution in [1.29, 1.82) is 0 Å². The van der Waals surface area contributed by atoms with Gasteiger partial charge in [0.05, 0.1) is 6.08 Å². The second-order valence-electron chi connectivity index (χ2n) is 14.4. The summed E-state index contributed by atoms with van der Waals surface area (Å²) in [6.07, 6.45) is 33.1. The van der Waals surface area contributed by atoms with Crippen molar-refractivity contribution < 1.29 is 25.2 Å². The minimum Gasteiger partial charge on any atom is -0.358 e. The monoisotopic (exact) mass is 789 g/mol. The number of hydrogen-bond acceptors (Lipinski definition) is 0. The minimum atomic E-state index is 0. The van der Waals surface area contributed by atoms with Crippen LogP contribution < -0.4 is 0 Å². The summed E-state index contributed by atoms with van der Waals surface area (Å²) in [6, 6.07) is 15.0. The van der Waals surface area contributed by atoms with Crippen molar-refractivity contribution >= 4 is 11.4 Å². The summed E-state index contributed by atoms with van der Waals surface area (Å²) in [6.45, 7) is 11.5. The Kier molecular flexibility index (Phi) is 33.9. The molecule has 51 heavy (non-hydrogen) atoms. The van der Waals surface area contributed by atoms with Gasteiger partial charge in [-0.2, -0.15) is 0 Å². The van der Waals surface area contributed by atoms with E-state index in [1.807, 2.05) is 6.08 Å². The summed E-state index contributed by atoms with van der Waals surface area (Å²) in [7, 11) is 0. The van der Waals surface area contributed by atoms with Gasteiger partial charge in [-0.05, 0) is 109 Å². The van der Waals surface area contributed by atoms with Crippen molar-refractivity contribution in [2.24, 2.45) is 0 Å². The van der Waals surface area contributed by atoms with Gasteiger partial charge in [0.2, 0.25) is 0 Å². The second-order valence-corrected chi connectivity index (χ2v) is 14.4. The fourth-order valence-electron chi connectivity index (χ4n) is 7.03. The number of allylic oxidation sites excluding steroid dienone is 2. The molecule has 0 unspecified atom stereocenters. The smallest absolute Gasteiger partial charge is 0.358 e. The maximum Gasteiger partial charge on any atom is 2.00 e. The van der Waals surface area contributed by atoms with E-state index in [2.05, 4.69) is 81.7 Å². The molecule has 0 amide bonds. The molecule has 0 atom stereocenters. The molecule has 0 aliphatic carbocycles. The zero-order chi connectivity index (χ0) is 34.7. The Balaban J connectivity index is 0. The predicted molar refractivity (Wildman–Crippen MR) is 225 cm³/mol. The van der Waals surface area contributed by atoms with Gasteiger partial charge < -0.3 is 20.4 Å². The summed E-state index contributed by atoms with van der Waals surface area (Å²) < 4.78 is 0. The van der Waals surface area contributed by atoms with Crippen molar-refractivity contribution in [1.82, 2.24) is 0 Å². The number of nitrogens with zero attached hydrogens (tertiary/aromatic N) is 2. The van der Waals surface area contributed by atoms with Crippen molar-refractivity contribution in [3.63, 3.8) is 0 Å². The third kappa shape index (κ3) is 22.0. The molecule has 0 aliphatic rings. The molecule has 0 spiro atoms. The number of rotatable bonds is 28. The van der Waals surface area contributed by atoms with E-state index in [1.54, 1.807) is 0 Å². The number of unbranched alkanes of at least 4 members (excludes halogenated alkanes) is 15. The Morgan fingerprint density at radius 3 is 1.20 bits per heavy atom. The first-order valence-electron chi connectivity index (χ1n) is 20.5. The summed E-state index contributed by atoms with van der Waals surface area (Å²) in [5, 5.41) is 0. The first-order chi connectivity index (χ1) is 23.6. The quantitative estimate of drug-likeness (QED) is 0.0157. The molecule has 3 heteroatoms. The molecule has 0 aliphatic heterocycles. The van der Waals surface area contributed by atoms with Gasteiger partial charge in [-0.25, -0.2) is 0 Å². The molecule has 2 aromatic rings. The Bertz CT molecular complexity index is 1200. The van der Waals surface area contributed by atoms with E-state index < -0.39 is 0 Å². The van der Waals surface area contributed by atoms with E-state index in [0.29, 0.717) is 0 Å². The van der Waals surface area contributed by atoms with Crippen LogP contribution in [0.3, 0.4) is 0 Å². The first-order valence-corrected chi connectivity index (χ1v) is 20.5. The van der Waals surface area contributed by atoms with Gasteiger partial charge in [-0.15, -0.1) is 4.79 Å². The molecule has 0 N–H and O–H groups in total. The number of aryl methyl sites for hydroxylation is 4. The Morgan fingerprint density at radius 1 is 0.490 bits per heavy atom. The van der Waals surface area contributed by atoms with Gasteiger partial charge in [0.25, 0.3) is 5.87 Å². The summed E-state index contributed by atoms with van der Waals surface area (Å²) in [5.74, 6) is 2.85. The molecule has 0 bridgehead atoms. The van der Waals surface area contributed by atoms with E-state index in [0.717, 1.165) is 38.5 Å². The molecule has 2 rings (SSSR count). The van der Waals surface area contributed by atoms with Gasteiger partial charge in [0, 0.05) is 0 Å². The topological polar surface area (TPSA) is 36.4 Å². The van der Waals surface area contributed by atoms with Crippen LogP contribution in [0, 0.1) is 14.9 Å². The maximum absolute atomic E-state index is 9.53. The molecule has 290 valence electrons. The SMILES string of the molecule is CCCCCCCCc1cc(CCCCCCCC)cc(C(=C(C=C=[N+]=[N-])CCCCCC)c2cc(CCCC)cc(CCCC)c2)c1.[CH3-].[CH3-].[Pd+2]. The van der Waals surface area contributed by atoms with Crippen LogP contribution in [-0.4, -0.2) is 10.7 Å². The van der Waals surface area contributed by atoms with E-state index >= 15 is 0 Å². The molecule has 2 aromatic carbocycles. The largest absolute Gasteiger partial charge is 2.00 e. The zero-order valence-electron chi connectivity index (χ0n) is 34.4. The minimum absolute atomic E-state index is 0. The molecule has 0 aromatic heterocycles. The fourth-order valence-corrected chi connectivity index (χ4v) is 7.03. The van der Waals surface area contributed by atoms with E-state index in [9.17, 15) is 5.53 Å². The maximum atomic E-state index is 9.53. The van der Waals surface area contributed by atoms with Gasteiger partial charge in [0.15, 0.2) is 0 Å². The van der Waals surface area contributed by atoms with Crippen LogP contribution in [0.5, 0.6) is 0 Å². The van der Waals surface area contributed by atoms with Crippen LogP contribution in [0.4, 0.5) is 0 Å². The van der Waals surface area contributed by atoms with E-state index in [4.69, 9.17) is 0 Å². The number of benzene rings is 2. The molecular weight excluding hydrogens is 711 g/mol. The molecule has 2 nitrogen and oxygen atoms in total. The molecule has 0 heterocycles. The summed E-state index contributed by atoms with van der Waals surface area (Å²) in [4.78, 5) is 3.34. The van der Waals surface area contributed by atoms with Crippen LogP contribution in [0.1, 0.15) is 203 Å². The van der Waals surface area contributed by atoms with Gasteiger partial charge in [0.1, 0.15) is 0 Å². The van der Waals surface area contributed by atoms with Gasteiger partial charge >= 0.3 is 20.4 Å². The average molecular weight is 790 g/mol. The molecule has 0 saturated heterocycles. The van der Waals surface area contributed by atoms with E-state index in [-0.39, 0.29) is 35.3 Å². The normalized spacial score (nSPS) is 11.0. The zero-order valence-corrected chi connectivity index (χ0v) is 36.0. The molecule has 0 fully saturated rings. The van der Waals surface area contributed by atoms with Crippen LogP contribution >= 0.6 is 0 Å². The Labute approximate surface area is 332 Å². The van der Waals surface area contributed by atoms with Crippen molar-refractivity contribution in [3.8, 4) is 0 Å². The van der Waals surface area contributed by atoms with Crippen LogP contribution in [0.25, 0.3) is 11.1 Å². The van der Waals surface area contributed by atoms with Crippen molar-refractivity contribution in [3.05, 3.63) is 102 Å². The van der Waals surface area contributed by atoms with Gasteiger partial charge in [-0.3, -0.25) is 0 Å². The number of hydrogen-bond donors (Lipinski definition) is 0. The van der Waals surface area contributed by atoms with E-state index in [1.165, 1.54) is 167 Å². The van der Waals surface area contributed by atoms with Crippen LogP contribution in [0.15, 0.2) is 48.0 Å². The standard InChI is InChI=1S/C46H72N2.2CH3.Pd/c1-6-11-16-19-21-23-28-41-34-42(29-24-22-20-17-12-7-2)38-45(37-41)46(43(31-32-48-47)30-25-18-13-8-3)44-35-39(26-14-9-4)33-40(36-44)27-15-10-5;;;/h31,33-38H,6-30H2,1-5H3;2*1H3;/q;2*-1;+2. The Morgan fingerprint density at radius 2 is 0.824 bits per heavy atom. The molecular formula is C48H78N2Pd. The average Bonchev–Trinajstić information content (AvgIpc) is 3.10. The third-order valence-corrected chi connectivity index (χ3v) is 9.88. The second kappa shape index (κ2) is 33.8. The summed E-state index contributed by atoms with van der Waals surface area (Å²) >= 11 is 0. The van der Waals surface area contributed by atoms with Gasteiger partial charge in [-0.1, -0.05) is 167 Å². The van der Waals surface area contributed by atoms with Crippen LogP contribution in [0.2, 0.25) is 0 Å². The molecule has 0 saturated carbocycles. The first kappa shape index (κ1) is 51.1. The van der Waals surface area contributed by atoms with Crippen molar-refractivity contribution in [2.75, 3.05) is 0 Å². The molecule has 0 radical (unpaired) electrons. The third-order valence-electron chi connectivity index (χ3n) is 9.88.